The third-order valence-electron chi connectivity index (χ3n) is 2.51. The molecule has 96 valence electrons. The van der Waals surface area contributed by atoms with E-state index in [-0.39, 0.29) is 12.3 Å². The number of thioether (sulfide) groups is 1. The van der Waals surface area contributed by atoms with Crippen LogP contribution in [0.3, 0.4) is 0 Å². The number of hydrogen-bond donors (Lipinski definition) is 3. The highest BCUT2D eigenvalue weighted by atomic mass is 32.2. The fraction of sp³-hybridized carbons (Fsp3) is 0.333. The molecular weight excluding hydrogens is 252 g/mol. The van der Waals surface area contributed by atoms with Crippen LogP contribution in [0, 0.1) is 0 Å². The molecule has 5 nitrogen and oxygen atoms in total. The molecule has 1 aliphatic rings. The van der Waals surface area contributed by atoms with E-state index in [0.29, 0.717) is 18.7 Å². The van der Waals surface area contributed by atoms with Gasteiger partial charge in [-0.2, -0.15) is 0 Å². The molecular formula is C12H14N2O3S. The second kappa shape index (κ2) is 5.77. The number of nitrogens with one attached hydrogen (secondary N) is 2. The zero-order chi connectivity index (χ0) is 13.0. The van der Waals surface area contributed by atoms with Crippen molar-refractivity contribution in [3.05, 3.63) is 18.2 Å². The number of benzene rings is 1. The molecule has 1 aromatic carbocycles. The highest BCUT2D eigenvalue weighted by Crippen LogP contribution is 2.33. The number of rotatable bonds is 5. The van der Waals surface area contributed by atoms with Gasteiger partial charge in [0.1, 0.15) is 0 Å². The van der Waals surface area contributed by atoms with Gasteiger partial charge in [-0.15, -0.1) is 11.8 Å². The zero-order valence-electron chi connectivity index (χ0n) is 9.73. The topological polar surface area (TPSA) is 78.4 Å². The van der Waals surface area contributed by atoms with Crippen molar-refractivity contribution < 1.29 is 14.7 Å². The standard InChI is InChI=1S/C12H14N2O3S/c15-11-7-18-10-4-3-8(6-9(10)14-11)13-5-1-2-12(16)17/h3-4,6,13H,1-2,5,7H2,(H,14,15)(H,16,17). The molecule has 0 aromatic heterocycles. The summed E-state index contributed by atoms with van der Waals surface area (Å²) in [5.41, 5.74) is 1.71. The van der Waals surface area contributed by atoms with Crippen LogP contribution in [0.25, 0.3) is 0 Å². The van der Waals surface area contributed by atoms with Gasteiger partial charge >= 0.3 is 5.97 Å². The molecule has 2 rings (SSSR count). The monoisotopic (exact) mass is 266 g/mol. The first-order valence-electron chi connectivity index (χ1n) is 5.67. The third kappa shape index (κ3) is 3.40. The van der Waals surface area contributed by atoms with E-state index >= 15 is 0 Å². The Balaban J connectivity index is 1.92. The molecule has 1 heterocycles. The van der Waals surface area contributed by atoms with E-state index in [4.69, 9.17) is 5.11 Å². The summed E-state index contributed by atoms with van der Waals surface area (Å²) in [6.07, 6.45) is 0.734. The lowest BCUT2D eigenvalue weighted by atomic mass is 10.2. The molecule has 1 aromatic rings. The summed E-state index contributed by atoms with van der Waals surface area (Å²) >= 11 is 1.52. The number of anilines is 2. The Labute approximate surface area is 109 Å². The van der Waals surface area contributed by atoms with Gasteiger partial charge < -0.3 is 15.7 Å². The van der Waals surface area contributed by atoms with Crippen LogP contribution >= 0.6 is 11.8 Å². The van der Waals surface area contributed by atoms with E-state index in [1.165, 1.54) is 11.8 Å². The maximum atomic E-state index is 11.3. The molecule has 0 saturated carbocycles. The van der Waals surface area contributed by atoms with Crippen LogP contribution in [-0.2, 0) is 9.59 Å². The van der Waals surface area contributed by atoms with Crippen molar-refractivity contribution in [2.75, 3.05) is 22.9 Å². The fourth-order valence-electron chi connectivity index (χ4n) is 1.67. The number of carbonyl (C=O) groups is 2. The maximum absolute atomic E-state index is 11.3. The quantitative estimate of drug-likeness (QED) is 0.710. The van der Waals surface area contributed by atoms with Crippen molar-refractivity contribution in [3.63, 3.8) is 0 Å². The summed E-state index contributed by atoms with van der Waals surface area (Å²) in [6, 6.07) is 5.77. The lowest BCUT2D eigenvalue weighted by Crippen LogP contribution is -2.18. The van der Waals surface area contributed by atoms with Crippen molar-refractivity contribution in [2.45, 2.75) is 17.7 Å². The van der Waals surface area contributed by atoms with Crippen LogP contribution in [-0.4, -0.2) is 29.3 Å². The molecule has 0 atom stereocenters. The summed E-state index contributed by atoms with van der Waals surface area (Å²) in [5, 5.41) is 14.5. The predicted molar refractivity (Wildman–Crippen MR) is 71.2 cm³/mol. The second-order valence-electron chi connectivity index (χ2n) is 3.97. The summed E-state index contributed by atoms with van der Waals surface area (Å²) in [4.78, 5) is 22.7. The number of carboxylic acids is 1. The third-order valence-corrected chi connectivity index (χ3v) is 3.58. The summed E-state index contributed by atoms with van der Waals surface area (Å²) < 4.78 is 0. The molecule has 0 saturated heterocycles. The lowest BCUT2D eigenvalue weighted by molar-refractivity contribution is -0.137. The number of hydrogen-bond acceptors (Lipinski definition) is 4. The normalized spacial score (nSPS) is 13.7. The Morgan fingerprint density at radius 1 is 1.50 bits per heavy atom. The van der Waals surface area contributed by atoms with Crippen LogP contribution < -0.4 is 10.6 Å². The summed E-state index contributed by atoms with van der Waals surface area (Å²) in [5.74, 6) is -0.320. The van der Waals surface area contributed by atoms with E-state index in [2.05, 4.69) is 10.6 Å². The van der Waals surface area contributed by atoms with Crippen molar-refractivity contribution in [2.24, 2.45) is 0 Å². The average molecular weight is 266 g/mol. The van der Waals surface area contributed by atoms with E-state index in [1.807, 2.05) is 18.2 Å². The van der Waals surface area contributed by atoms with Gasteiger partial charge in [0, 0.05) is 23.5 Å². The minimum absolute atomic E-state index is 0.00975. The maximum Gasteiger partial charge on any atom is 0.303 e. The Morgan fingerprint density at radius 3 is 3.11 bits per heavy atom. The molecule has 0 bridgehead atoms. The molecule has 1 amide bonds. The highest BCUT2D eigenvalue weighted by Gasteiger charge is 2.15. The molecule has 6 heteroatoms. The van der Waals surface area contributed by atoms with Gasteiger partial charge in [0.15, 0.2) is 0 Å². The molecule has 0 unspecified atom stereocenters. The van der Waals surface area contributed by atoms with Crippen LogP contribution in [0.4, 0.5) is 11.4 Å². The number of aliphatic carboxylic acids is 1. The Kier molecular flexibility index (Phi) is 4.09. The van der Waals surface area contributed by atoms with E-state index < -0.39 is 5.97 Å². The summed E-state index contributed by atoms with van der Waals surface area (Å²) in [7, 11) is 0. The second-order valence-corrected chi connectivity index (χ2v) is 4.99. The SMILES string of the molecule is O=C(O)CCCNc1ccc2c(c1)NC(=O)CS2. The largest absolute Gasteiger partial charge is 0.481 e. The molecule has 0 spiro atoms. The van der Waals surface area contributed by atoms with Gasteiger partial charge in [-0.25, -0.2) is 0 Å². The Hall–Kier alpha value is -1.69. The van der Waals surface area contributed by atoms with Crippen molar-refractivity contribution in [1.29, 1.82) is 0 Å². The van der Waals surface area contributed by atoms with Crippen LogP contribution in [0.1, 0.15) is 12.8 Å². The van der Waals surface area contributed by atoms with E-state index in [9.17, 15) is 9.59 Å². The Bertz CT molecular complexity index is 476. The van der Waals surface area contributed by atoms with Crippen LogP contribution in [0.5, 0.6) is 0 Å². The minimum atomic E-state index is -0.786. The fourth-order valence-corrected chi connectivity index (χ4v) is 2.45. The number of carbonyl (C=O) groups excluding carboxylic acids is 1. The predicted octanol–water partition coefficient (Wildman–Crippen LogP) is 2.01. The first kappa shape index (κ1) is 12.8. The smallest absolute Gasteiger partial charge is 0.303 e. The van der Waals surface area contributed by atoms with E-state index in [1.54, 1.807) is 0 Å². The average Bonchev–Trinajstić information content (AvgIpc) is 2.34. The molecule has 1 aliphatic heterocycles. The van der Waals surface area contributed by atoms with Crippen molar-refractivity contribution in [1.82, 2.24) is 0 Å². The lowest BCUT2D eigenvalue weighted by Gasteiger charge is -2.17. The summed E-state index contributed by atoms with van der Waals surface area (Å²) in [6.45, 7) is 0.603. The zero-order valence-corrected chi connectivity index (χ0v) is 10.5. The van der Waals surface area contributed by atoms with Gasteiger partial charge in [0.2, 0.25) is 5.91 Å². The first-order chi connectivity index (χ1) is 8.65. The highest BCUT2D eigenvalue weighted by molar-refractivity contribution is 8.00. The minimum Gasteiger partial charge on any atom is -0.481 e. The van der Waals surface area contributed by atoms with E-state index in [0.717, 1.165) is 16.3 Å². The van der Waals surface area contributed by atoms with Crippen molar-refractivity contribution >= 4 is 35.0 Å². The molecule has 3 N–H and O–H groups in total. The van der Waals surface area contributed by atoms with Gasteiger partial charge in [0.25, 0.3) is 0 Å². The van der Waals surface area contributed by atoms with Gasteiger partial charge in [-0.1, -0.05) is 0 Å². The Morgan fingerprint density at radius 2 is 2.33 bits per heavy atom. The van der Waals surface area contributed by atoms with Crippen LogP contribution in [0.2, 0.25) is 0 Å². The van der Waals surface area contributed by atoms with Gasteiger partial charge in [-0.3, -0.25) is 9.59 Å². The number of amides is 1. The molecule has 0 radical (unpaired) electrons. The van der Waals surface area contributed by atoms with Crippen LogP contribution in [0.15, 0.2) is 23.1 Å². The van der Waals surface area contributed by atoms with Gasteiger partial charge in [0.05, 0.1) is 11.4 Å². The van der Waals surface area contributed by atoms with Gasteiger partial charge in [-0.05, 0) is 24.6 Å². The molecule has 0 fully saturated rings. The number of fused-ring (bicyclic) bond motifs is 1. The molecule has 0 aliphatic carbocycles. The van der Waals surface area contributed by atoms with Crippen molar-refractivity contribution in [3.8, 4) is 0 Å². The first-order valence-corrected chi connectivity index (χ1v) is 6.66. The molecule has 18 heavy (non-hydrogen) atoms. The number of carboxylic acid groups (broad SMARTS) is 1.